The number of rotatable bonds is 5. The summed E-state index contributed by atoms with van der Waals surface area (Å²) in [5.74, 6) is 1.27. The van der Waals surface area contributed by atoms with Gasteiger partial charge in [-0.3, -0.25) is 4.68 Å². The van der Waals surface area contributed by atoms with Crippen molar-refractivity contribution in [1.82, 2.24) is 15.1 Å². The fraction of sp³-hybridized carbons (Fsp3) is 0.800. The van der Waals surface area contributed by atoms with Crippen molar-refractivity contribution in [2.45, 2.75) is 53.5 Å². The van der Waals surface area contributed by atoms with Crippen LogP contribution < -0.4 is 5.32 Å². The van der Waals surface area contributed by atoms with E-state index in [0.717, 1.165) is 23.1 Å². The minimum atomic E-state index is 0.173. The fourth-order valence-electron chi connectivity index (χ4n) is 2.13. The van der Waals surface area contributed by atoms with Crippen molar-refractivity contribution >= 4 is 15.9 Å². The Bertz CT molecular complexity index is 416. The van der Waals surface area contributed by atoms with Crippen LogP contribution in [0.15, 0.2) is 4.47 Å². The first-order valence-corrected chi connectivity index (χ1v) is 7.84. The third kappa shape index (κ3) is 4.92. The highest BCUT2D eigenvalue weighted by atomic mass is 79.9. The van der Waals surface area contributed by atoms with E-state index in [4.69, 9.17) is 0 Å². The molecule has 110 valence electrons. The highest BCUT2D eigenvalue weighted by molar-refractivity contribution is 9.10. The molecule has 0 aliphatic carbocycles. The maximum atomic E-state index is 4.48. The van der Waals surface area contributed by atoms with Crippen molar-refractivity contribution in [3.05, 3.63) is 15.9 Å². The number of hydrogen-bond donors (Lipinski definition) is 1. The first-order chi connectivity index (χ1) is 8.61. The van der Waals surface area contributed by atoms with Gasteiger partial charge in [-0.2, -0.15) is 5.10 Å². The largest absolute Gasteiger partial charge is 0.312 e. The number of nitrogens with one attached hydrogen (secondary N) is 1. The highest BCUT2D eigenvalue weighted by Gasteiger charge is 2.21. The van der Waals surface area contributed by atoms with Crippen LogP contribution in [0.2, 0.25) is 0 Å². The van der Waals surface area contributed by atoms with Gasteiger partial charge in [0.1, 0.15) is 0 Å². The molecule has 0 fully saturated rings. The zero-order chi connectivity index (χ0) is 14.8. The standard InChI is InChI=1S/C15H28BrN3/c1-10(2)12(9-17-15(4,5)6)8-13-14(16)11(3)18-19(13)7/h10,12,17H,8-9H2,1-7H3. The van der Waals surface area contributed by atoms with Crippen molar-refractivity contribution in [2.75, 3.05) is 6.54 Å². The van der Waals surface area contributed by atoms with Gasteiger partial charge >= 0.3 is 0 Å². The fourth-order valence-corrected chi connectivity index (χ4v) is 2.63. The summed E-state index contributed by atoms with van der Waals surface area (Å²) in [7, 11) is 2.03. The molecule has 0 aromatic carbocycles. The van der Waals surface area contributed by atoms with Crippen LogP contribution in [0.1, 0.15) is 46.0 Å². The lowest BCUT2D eigenvalue weighted by atomic mass is 9.90. The van der Waals surface area contributed by atoms with Gasteiger partial charge in [0.05, 0.1) is 15.9 Å². The van der Waals surface area contributed by atoms with Crippen molar-refractivity contribution < 1.29 is 0 Å². The molecule has 0 bridgehead atoms. The topological polar surface area (TPSA) is 29.9 Å². The van der Waals surface area contributed by atoms with E-state index in [9.17, 15) is 0 Å². The minimum absolute atomic E-state index is 0.173. The Hall–Kier alpha value is -0.350. The summed E-state index contributed by atoms with van der Waals surface area (Å²) >= 11 is 3.67. The van der Waals surface area contributed by atoms with Crippen LogP contribution in [0.3, 0.4) is 0 Å². The van der Waals surface area contributed by atoms with Gasteiger partial charge in [0.2, 0.25) is 0 Å². The van der Waals surface area contributed by atoms with Crippen LogP contribution in [0.4, 0.5) is 0 Å². The van der Waals surface area contributed by atoms with E-state index >= 15 is 0 Å². The van der Waals surface area contributed by atoms with E-state index in [1.807, 2.05) is 18.7 Å². The summed E-state index contributed by atoms with van der Waals surface area (Å²) in [6.45, 7) is 14.3. The summed E-state index contributed by atoms with van der Waals surface area (Å²) in [6.07, 6.45) is 1.05. The molecule has 0 spiro atoms. The van der Waals surface area contributed by atoms with E-state index in [2.05, 4.69) is 61.0 Å². The summed E-state index contributed by atoms with van der Waals surface area (Å²) in [4.78, 5) is 0. The maximum Gasteiger partial charge on any atom is 0.0738 e. The molecule has 1 heterocycles. The Morgan fingerprint density at radius 1 is 1.32 bits per heavy atom. The summed E-state index contributed by atoms with van der Waals surface area (Å²) < 4.78 is 3.17. The molecular formula is C15H28BrN3. The normalized spacial score (nSPS) is 14.2. The Morgan fingerprint density at radius 2 is 1.89 bits per heavy atom. The monoisotopic (exact) mass is 329 g/mol. The molecule has 1 aromatic heterocycles. The second-order valence-electron chi connectivity index (χ2n) is 6.81. The van der Waals surface area contributed by atoms with E-state index in [0.29, 0.717) is 11.8 Å². The lowest BCUT2D eigenvalue weighted by molar-refractivity contribution is 0.308. The summed E-state index contributed by atoms with van der Waals surface area (Å²) in [5.41, 5.74) is 2.54. The van der Waals surface area contributed by atoms with Crippen LogP contribution >= 0.6 is 15.9 Å². The van der Waals surface area contributed by atoms with Crippen LogP contribution in [0.5, 0.6) is 0 Å². The zero-order valence-corrected chi connectivity index (χ0v) is 14.9. The molecule has 0 radical (unpaired) electrons. The SMILES string of the molecule is Cc1nn(C)c(CC(CNC(C)(C)C)C(C)C)c1Br. The number of aromatic nitrogens is 2. The predicted octanol–water partition coefficient (Wildman–Crippen LogP) is 3.69. The number of nitrogens with zero attached hydrogens (tertiary/aromatic N) is 2. The Labute approximate surface area is 126 Å². The maximum absolute atomic E-state index is 4.48. The lowest BCUT2D eigenvalue weighted by Gasteiger charge is -2.27. The molecule has 0 saturated carbocycles. The second kappa shape index (κ2) is 6.40. The van der Waals surface area contributed by atoms with E-state index < -0.39 is 0 Å². The van der Waals surface area contributed by atoms with Gasteiger partial charge in [0.25, 0.3) is 0 Å². The van der Waals surface area contributed by atoms with E-state index in [-0.39, 0.29) is 5.54 Å². The molecule has 0 amide bonds. The van der Waals surface area contributed by atoms with Gasteiger partial charge in [-0.05, 0) is 68.4 Å². The van der Waals surface area contributed by atoms with Gasteiger partial charge < -0.3 is 5.32 Å². The third-order valence-corrected chi connectivity index (χ3v) is 4.59. The molecule has 1 aromatic rings. The molecule has 4 heteroatoms. The van der Waals surface area contributed by atoms with Crippen LogP contribution in [0.25, 0.3) is 0 Å². The molecule has 19 heavy (non-hydrogen) atoms. The second-order valence-corrected chi connectivity index (χ2v) is 7.60. The summed E-state index contributed by atoms with van der Waals surface area (Å²) in [6, 6.07) is 0. The van der Waals surface area contributed by atoms with Gasteiger partial charge in [0.15, 0.2) is 0 Å². The van der Waals surface area contributed by atoms with Crippen LogP contribution in [-0.4, -0.2) is 21.9 Å². The number of halogens is 1. The van der Waals surface area contributed by atoms with Crippen molar-refractivity contribution in [1.29, 1.82) is 0 Å². The zero-order valence-electron chi connectivity index (χ0n) is 13.3. The first kappa shape index (κ1) is 16.7. The molecule has 1 N–H and O–H groups in total. The molecule has 1 atom stereocenters. The predicted molar refractivity (Wildman–Crippen MR) is 85.4 cm³/mol. The number of hydrogen-bond acceptors (Lipinski definition) is 2. The molecule has 0 aliphatic rings. The molecule has 3 nitrogen and oxygen atoms in total. The van der Waals surface area contributed by atoms with Gasteiger partial charge in [-0.1, -0.05) is 13.8 Å². The smallest absolute Gasteiger partial charge is 0.0738 e. The van der Waals surface area contributed by atoms with E-state index in [1.54, 1.807) is 0 Å². The molecule has 0 saturated heterocycles. The molecular weight excluding hydrogens is 302 g/mol. The van der Waals surface area contributed by atoms with Crippen molar-refractivity contribution in [3.63, 3.8) is 0 Å². The third-order valence-electron chi connectivity index (χ3n) is 3.55. The molecule has 0 aliphatic heterocycles. The van der Waals surface area contributed by atoms with Gasteiger partial charge in [-0.15, -0.1) is 0 Å². The molecule has 1 unspecified atom stereocenters. The number of aryl methyl sites for hydroxylation is 2. The Morgan fingerprint density at radius 3 is 2.26 bits per heavy atom. The van der Waals surface area contributed by atoms with E-state index in [1.165, 1.54) is 5.69 Å². The van der Waals surface area contributed by atoms with Crippen LogP contribution in [-0.2, 0) is 13.5 Å². The van der Waals surface area contributed by atoms with Gasteiger partial charge in [-0.25, -0.2) is 0 Å². The average molecular weight is 330 g/mol. The lowest BCUT2D eigenvalue weighted by Crippen LogP contribution is -2.40. The van der Waals surface area contributed by atoms with Crippen molar-refractivity contribution in [2.24, 2.45) is 18.9 Å². The van der Waals surface area contributed by atoms with Gasteiger partial charge in [0, 0.05) is 12.6 Å². The average Bonchev–Trinajstić information content (AvgIpc) is 2.48. The molecule has 1 rings (SSSR count). The highest BCUT2D eigenvalue weighted by Crippen LogP contribution is 2.25. The summed E-state index contributed by atoms with van der Waals surface area (Å²) in [5, 5.41) is 8.11. The quantitative estimate of drug-likeness (QED) is 0.892. The Balaban J connectivity index is 2.79. The Kier molecular flexibility index (Phi) is 5.63. The van der Waals surface area contributed by atoms with Crippen molar-refractivity contribution in [3.8, 4) is 0 Å². The minimum Gasteiger partial charge on any atom is -0.312 e. The first-order valence-electron chi connectivity index (χ1n) is 7.05. The van der Waals surface area contributed by atoms with Crippen LogP contribution in [0, 0.1) is 18.8 Å².